The first-order valence-electron chi connectivity index (χ1n) is 6.47. The molecule has 0 spiro atoms. The van der Waals surface area contributed by atoms with E-state index in [1.54, 1.807) is 18.4 Å². The smallest absolute Gasteiger partial charge is 0.141 e. The monoisotopic (exact) mass is 279 g/mol. The van der Waals surface area contributed by atoms with Gasteiger partial charge in [-0.05, 0) is 36.6 Å². The molecule has 0 amide bonds. The van der Waals surface area contributed by atoms with Crippen molar-refractivity contribution in [3.05, 3.63) is 58.3 Å². The van der Waals surface area contributed by atoms with E-state index in [9.17, 15) is 4.39 Å². The lowest BCUT2D eigenvalue weighted by molar-refractivity contribution is 0.411. The van der Waals surface area contributed by atoms with E-state index >= 15 is 0 Å². The van der Waals surface area contributed by atoms with E-state index in [1.165, 1.54) is 11.6 Å². The highest BCUT2D eigenvalue weighted by Crippen LogP contribution is 2.30. The second-order valence-corrected chi connectivity index (χ2v) is 5.28. The number of furan rings is 1. The van der Waals surface area contributed by atoms with Crippen LogP contribution in [0.5, 0.6) is 0 Å². The average Bonchev–Trinajstić information content (AvgIpc) is 2.89. The van der Waals surface area contributed by atoms with Crippen molar-refractivity contribution < 1.29 is 8.81 Å². The van der Waals surface area contributed by atoms with Gasteiger partial charge in [0.15, 0.2) is 0 Å². The minimum Gasteiger partial charge on any atom is -0.469 e. The van der Waals surface area contributed by atoms with Gasteiger partial charge in [-0.3, -0.25) is 0 Å². The Morgan fingerprint density at radius 2 is 2.26 bits per heavy atom. The number of halogens is 2. The molecular formula is C15H15ClFNO. The Bertz CT molecular complexity index is 581. The first-order valence-corrected chi connectivity index (χ1v) is 6.85. The fraction of sp³-hybridized carbons (Fsp3) is 0.333. The normalized spacial score (nSPS) is 18.3. The fourth-order valence-electron chi connectivity index (χ4n) is 2.59. The van der Waals surface area contributed by atoms with Gasteiger partial charge in [-0.15, -0.1) is 0 Å². The second kappa shape index (κ2) is 5.35. The Hall–Kier alpha value is -1.32. The zero-order chi connectivity index (χ0) is 13.2. The van der Waals surface area contributed by atoms with Crippen LogP contribution in [0.3, 0.4) is 0 Å². The standard InChI is InChI=1S/C15H15ClFNO/c16-12-8-10(4-5-13(12)17)9-18-14-2-1-3-15-11(14)6-7-19-15/h4-8,14,18H,1-3,9H2. The van der Waals surface area contributed by atoms with Gasteiger partial charge < -0.3 is 9.73 Å². The van der Waals surface area contributed by atoms with Crippen molar-refractivity contribution in [1.82, 2.24) is 5.32 Å². The lowest BCUT2D eigenvalue weighted by Gasteiger charge is -2.22. The number of rotatable bonds is 3. The summed E-state index contributed by atoms with van der Waals surface area (Å²) in [5.41, 5.74) is 2.24. The van der Waals surface area contributed by atoms with Crippen LogP contribution in [-0.2, 0) is 13.0 Å². The van der Waals surface area contributed by atoms with Crippen molar-refractivity contribution in [2.24, 2.45) is 0 Å². The van der Waals surface area contributed by atoms with E-state index in [0.29, 0.717) is 12.6 Å². The third-order valence-corrected chi connectivity index (χ3v) is 3.88. The van der Waals surface area contributed by atoms with Crippen molar-refractivity contribution in [1.29, 1.82) is 0 Å². The van der Waals surface area contributed by atoms with Crippen LogP contribution in [-0.4, -0.2) is 0 Å². The molecule has 1 atom stereocenters. The number of hydrogen-bond donors (Lipinski definition) is 1. The molecular weight excluding hydrogens is 265 g/mol. The molecule has 3 rings (SSSR count). The van der Waals surface area contributed by atoms with E-state index in [2.05, 4.69) is 5.32 Å². The van der Waals surface area contributed by atoms with E-state index in [0.717, 1.165) is 30.6 Å². The largest absolute Gasteiger partial charge is 0.469 e. The molecule has 0 fully saturated rings. The number of benzene rings is 1. The molecule has 0 saturated carbocycles. The molecule has 100 valence electrons. The van der Waals surface area contributed by atoms with Crippen molar-refractivity contribution >= 4 is 11.6 Å². The lowest BCUT2D eigenvalue weighted by Crippen LogP contribution is -2.24. The Kier molecular flexibility index (Phi) is 3.58. The zero-order valence-electron chi connectivity index (χ0n) is 10.5. The van der Waals surface area contributed by atoms with Crippen LogP contribution in [0.15, 0.2) is 34.9 Å². The third-order valence-electron chi connectivity index (χ3n) is 3.59. The molecule has 0 aliphatic heterocycles. The molecule has 1 aromatic heterocycles. The van der Waals surface area contributed by atoms with Crippen LogP contribution in [0.25, 0.3) is 0 Å². The minimum atomic E-state index is -0.375. The predicted octanol–water partition coefficient (Wildman–Crippen LogP) is 4.24. The first kappa shape index (κ1) is 12.7. The van der Waals surface area contributed by atoms with Gasteiger partial charge >= 0.3 is 0 Å². The summed E-state index contributed by atoms with van der Waals surface area (Å²) in [6, 6.07) is 7.18. The molecule has 0 saturated heterocycles. The van der Waals surface area contributed by atoms with E-state index in [1.807, 2.05) is 6.07 Å². The molecule has 0 bridgehead atoms. The van der Waals surface area contributed by atoms with Gasteiger partial charge in [0.1, 0.15) is 11.6 Å². The summed E-state index contributed by atoms with van der Waals surface area (Å²) in [6.45, 7) is 0.676. The van der Waals surface area contributed by atoms with E-state index < -0.39 is 0 Å². The van der Waals surface area contributed by atoms with Gasteiger partial charge in [0, 0.05) is 24.6 Å². The molecule has 19 heavy (non-hydrogen) atoms. The highest BCUT2D eigenvalue weighted by atomic mass is 35.5. The number of fused-ring (bicyclic) bond motifs is 1. The lowest BCUT2D eigenvalue weighted by atomic mass is 9.93. The molecule has 1 unspecified atom stereocenters. The summed E-state index contributed by atoms with van der Waals surface area (Å²) in [7, 11) is 0. The van der Waals surface area contributed by atoms with Crippen molar-refractivity contribution in [2.75, 3.05) is 0 Å². The van der Waals surface area contributed by atoms with Gasteiger partial charge in [-0.1, -0.05) is 17.7 Å². The first-order chi connectivity index (χ1) is 9.24. The second-order valence-electron chi connectivity index (χ2n) is 4.87. The van der Waals surface area contributed by atoms with E-state index in [4.69, 9.17) is 16.0 Å². The van der Waals surface area contributed by atoms with Crippen LogP contribution in [0, 0.1) is 5.82 Å². The van der Waals surface area contributed by atoms with Gasteiger partial charge in [0.2, 0.25) is 0 Å². The van der Waals surface area contributed by atoms with Crippen LogP contribution in [0.1, 0.15) is 35.8 Å². The Balaban J connectivity index is 1.69. The van der Waals surface area contributed by atoms with Gasteiger partial charge in [-0.25, -0.2) is 4.39 Å². The van der Waals surface area contributed by atoms with Crippen molar-refractivity contribution in [3.8, 4) is 0 Å². The van der Waals surface area contributed by atoms with Crippen LogP contribution in [0.2, 0.25) is 5.02 Å². The highest BCUT2D eigenvalue weighted by molar-refractivity contribution is 6.30. The summed E-state index contributed by atoms with van der Waals surface area (Å²) in [5.74, 6) is 0.709. The molecule has 0 radical (unpaired) electrons. The molecule has 4 heteroatoms. The Morgan fingerprint density at radius 1 is 1.37 bits per heavy atom. The molecule has 1 N–H and O–H groups in total. The fourth-order valence-corrected chi connectivity index (χ4v) is 2.79. The maximum Gasteiger partial charge on any atom is 0.141 e. The maximum atomic E-state index is 13.1. The number of hydrogen-bond acceptors (Lipinski definition) is 2. The van der Waals surface area contributed by atoms with Gasteiger partial charge in [0.05, 0.1) is 11.3 Å². The van der Waals surface area contributed by atoms with E-state index in [-0.39, 0.29) is 10.8 Å². The molecule has 1 aliphatic rings. The molecule has 2 aromatic rings. The number of aryl methyl sites for hydroxylation is 1. The quantitative estimate of drug-likeness (QED) is 0.909. The summed E-state index contributed by atoms with van der Waals surface area (Å²) in [4.78, 5) is 0. The third kappa shape index (κ3) is 2.67. The molecule has 1 aromatic carbocycles. The SMILES string of the molecule is Fc1ccc(CNC2CCCc3occc32)cc1Cl. The topological polar surface area (TPSA) is 25.2 Å². The molecule has 2 nitrogen and oxygen atoms in total. The van der Waals surface area contributed by atoms with Crippen LogP contribution < -0.4 is 5.32 Å². The maximum absolute atomic E-state index is 13.1. The number of nitrogens with one attached hydrogen (secondary N) is 1. The molecule has 1 aliphatic carbocycles. The summed E-state index contributed by atoms with van der Waals surface area (Å²) in [6.07, 6.45) is 4.99. The summed E-state index contributed by atoms with van der Waals surface area (Å²) in [5, 5.41) is 3.66. The van der Waals surface area contributed by atoms with Gasteiger partial charge in [-0.2, -0.15) is 0 Å². The highest BCUT2D eigenvalue weighted by Gasteiger charge is 2.21. The zero-order valence-corrected chi connectivity index (χ0v) is 11.2. The van der Waals surface area contributed by atoms with Crippen LogP contribution in [0.4, 0.5) is 4.39 Å². The minimum absolute atomic E-state index is 0.173. The Labute approximate surface area is 116 Å². The summed E-state index contributed by atoms with van der Waals surface area (Å²) >= 11 is 5.78. The van der Waals surface area contributed by atoms with Gasteiger partial charge in [0.25, 0.3) is 0 Å². The summed E-state index contributed by atoms with van der Waals surface area (Å²) < 4.78 is 18.5. The van der Waals surface area contributed by atoms with Crippen LogP contribution >= 0.6 is 11.6 Å². The van der Waals surface area contributed by atoms with Crippen molar-refractivity contribution in [2.45, 2.75) is 31.8 Å². The van der Waals surface area contributed by atoms with Crippen molar-refractivity contribution in [3.63, 3.8) is 0 Å². The predicted molar refractivity (Wildman–Crippen MR) is 72.6 cm³/mol. The molecule has 1 heterocycles. The Morgan fingerprint density at radius 3 is 3.11 bits per heavy atom. The average molecular weight is 280 g/mol.